The smallest absolute Gasteiger partial charge is 0.265 e. The predicted molar refractivity (Wildman–Crippen MR) is 163 cm³/mol. The van der Waals surface area contributed by atoms with Crippen LogP contribution in [-0.4, -0.2) is 80.6 Å². The number of fused-ring (bicyclic) bond motifs is 1. The van der Waals surface area contributed by atoms with E-state index in [0.29, 0.717) is 36.2 Å². The fourth-order valence-corrected chi connectivity index (χ4v) is 5.47. The molecule has 1 N–H and O–H groups in total. The van der Waals surface area contributed by atoms with E-state index in [1.807, 2.05) is 24.3 Å². The number of ether oxygens (including phenoxy) is 2. The Hall–Kier alpha value is -3.63. The molecular formula is C31H32Cl2N4O5. The average molecular weight is 612 g/mol. The van der Waals surface area contributed by atoms with Crippen LogP contribution in [0.5, 0.6) is 5.75 Å². The molecule has 3 aromatic carbocycles. The Morgan fingerprint density at radius 1 is 0.976 bits per heavy atom. The van der Waals surface area contributed by atoms with E-state index < -0.39 is 0 Å². The van der Waals surface area contributed by atoms with Gasteiger partial charge < -0.3 is 19.7 Å². The van der Waals surface area contributed by atoms with E-state index in [4.69, 9.17) is 32.7 Å². The van der Waals surface area contributed by atoms with Crippen molar-refractivity contribution >= 4 is 52.3 Å². The Morgan fingerprint density at radius 3 is 2.24 bits per heavy atom. The first-order valence-corrected chi connectivity index (χ1v) is 14.4. The molecule has 0 spiro atoms. The van der Waals surface area contributed by atoms with Gasteiger partial charge in [0.25, 0.3) is 5.91 Å². The van der Waals surface area contributed by atoms with Crippen LogP contribution < -0.4 is 15.0 Å². The van der Waals surface area contributed by atoms with E-state index in [1.165, 1.54) is 11.8 Å². The molecular weight excluding hydrogens is 579 g/mol. The molecule has 3 amide bonds. The molecule has 5 rings (SSSR count). The Morgan fingerprint density at radius 2 is 1.60 bits per heavy atom. The van der Waals surface area contributed by atoms with Gasteiger partial charge in [-0.3, -0.25) is 24.2 Å². The number of nitrogens with zero attached hydrogens (tertiary/aromatic N) is 3. The Bertz CT molecular complexity index is 1460. The summed E-state index contributed by atoms with van der Waals surface area (Å²) in [5.74, 6) is -0.236. The summed E-state index contributed by atoms with van der Waals surface area (Å²) in [6.45, 7) is 4.31. The van der Waals surface area contributed by atoms with Gasteiger partial charge in [-0.1, -0.05) is 59.6 Å². The lowest BCUT2D eigenvalue weighted by atomic mass is 9.99. The van der Waals surface area contributed by atoms with Gasteiger partial charge in [0.1, 0.15) is 12.3 Å². The number of hydrogen-bond acceptors (Lipinski definition) is 6. The standard InChI is InChI=1S/C31H32Cl2N4O5/c1-20(38)34-24-9-7-22(8-10-24)21-3-5-23(6-4-21)28(36-11-13-41-14-12-36)17-35(2)30(39)18-37-27-15-25(32)26(33)16-29(27)42-19-31(37)40/h3-10,15-16,28H,11-14,17-19H2,1-2H3,(H,34,38). The number of rotatable bonds is 8. The van der Waals surface area contributed by atoms with Crippen LogP contribution in [0.3, 0.4) is 0 Å². The summed E-state index contributed by atoms with van der Waals surface area (Å²) in [4.78, 5) is 42.9. The normalized spacial score (nSPS) is 15.9. The molecule has 0 aromatic heterocycles. The van der Waals surface area contributed by atoms with Crippen LogP contribution in [-0.2, 0) is 19.1 Å². The van der Waals surface area contributed by atoms with Crippen molar-refractivity contribution in [3.05, 3.63) is 76.3 Å². The maximum Gasteiger partial charge on any atom is 0.265 e. The monoisotopic (exact) mass is 610 g/mol. The minimum Gasteiger partial charge on any atom is -0.482 e. The third-order valence-corrected chi connectivity index (χ3v) is 8.15. The largest absolute Gasteiger partial charge is 0.482 e. The fraction of sp³-hybridized carbons (Fsp3) is 0.323. The van der Waals surface area contributed by atoms with Crippen molar-refractivity contribution in [3.8, 4) is 16.9 Å². The van der Waals surface area contributed by atoms with Crippen LogP contribution in [0.25, 0.3) is 11.1 Å². The minimum atomic E-state index is -0.326. The number of morpholine rings is 1. The maximum atomic E-state index is 13.5. The third kappa shape index (κ3) is 6.87. The number of likely N-dealkylation sites (N-methyl/N-ethyl adjacent to an activating group) is 1. The second-order valence-electron chi connectivity index (χ2n) is 10.3. The molecule has 220 valence electrons. The Balaban J connectivity index is 1.32. The summed E-state index contributed by atoms with van der Waals surface area (Å²) in [6, 6.07) is 19.0. The fourth-order valence-electron chi connectivity index (χ4n) is 5.15. The van der Waals surface area contributed by atoms with Crippen LogP contribution in [0.2, 0.25) is 10.0 Å². The van der Waals surface area contributed by atoms with Crippen molar-refractivity contribution in [2.45, 2.75) is 13.0 Å². The van der Waals surface area contributed by atoms with Crippen molar-refractivity contribution in [2.75, 3.05) is 63.3 Å². The molecule has 0 radical (unpaired) electrons. The van der Waals surface area contributed by atoms with Gasteiger partial charge in [-0.25, -0.2) is 0 Å². The van der Waals surface area contributed by atoms with E-state index in [9.17, 15) is 14.4 Å². The lowest BCUT2D eigenvalue weighted by Crippen LogP contribution is -2.48. The first-order chi connectivity index (χ1) is 20.2. The van der Waals surface area contributed by atoms with Gasteiger partial charge in [-0.15, -0.1) is 0 Å². The SMILES string of the molecule is CC(=O)Nc1ccc(-c2ccc(C(CN(C)C(=O)CN3C(=O)COc4cc(Cl)c(Cl)cc43)N3CCOCC3)cc2)cc1. The number of halogens is 2. The molecule has 9 nitrogen and oxygen atoms in total. The van der Waals surface area contributed by atoms with Gasteiger partial charge in [0.05, 0.1) is 35.0 Å². The van der Waals surface area contributed by atoms with Crippen LogP contribution >= 0.6 is 23.2 Å². The zero-order chi connectivity index (χ0) is 29.8. The molecule has 0 aliphatic carbocycles. The zero-order valence-corrected chi connectivity index (χ0v) is 25.0. The van der Waals surface area contributed by atoms with Crippen molar-refractivity contribution in [2.24, 2.45) is 0 Å². The minimum absolute atomic E-state index is 0.0695. The number of benzene rings is 3. The molecule has 0 saturated carbocycles. The zero-order valence-electron chi connectivity index (χ0n) is 23.4. The number of amides is 3. The number of carbonyl (C=O) groups excluding carboxylic acids is 3. The molecule has 1 saturated heterocycles. The molecule has 2 aliphatic heterocycles. The first-order valence-electron chi connectivity index (χ1n) is 13.7. The number of nitrogens with one attached hydrogen (secondary N) is 1. The molecule has 2 aliphatic rings. The Kier molecular flexibility index (Phi) is 9.33. The van der Waals surface area contributed by atoms with Crippen molar-refractivity contribution in [1.82, 2.24) is 9.80 Å². The van der Waals surface area contributed by atoms with Gasteiger partial charge in [0.15, 0.2) is 6.61 Å². The molecule has 42 heavy (non-hydrogen) atoms. The first kappa shape index (κ1) is 29.8. The third-order valence-electron chi connectivity index (χ3n) is 7.43. The van der Waals surface area contributed by atoms with Crippen molar-refractivity contribution in [3.63, 3.8) is 0 Å². The number of anilines is 2. The van der Waals surface area contributed by atoms with Crippen LogP contribution in [0, 0.1) is 0 Å². The van der Waals surface area contributed by atoms with Gasteiger partial charge in [-0.05, 0) is 34.9 Å². The topological polar surface area (TPSA) is 91.4 Å². The number of carbonyl (C=O) groups is 3. The molecule has 2 heterocycles. The average Bonchev–Trinajstić information content (AvgIpc) is 2.99. The highest BCUT2D eigenvalue weighted by Gasteiger charge is 2.31. The quantitative estimate of drug-likeness (QED) is 0.391. The summed E-state index contributed by atoms with van der Waals surface area (Å²) < 4.78 is 11.1. The number of hydrogen-bond donors (Lipinski definition) is 1. The molecule has 1 unspecified atom stereocenters. The van der Waals surface area contributed by atoms with Crippen LogP contribution in [0.1, 0.15) is 18.5 Å². The van der Waals surface area contributed by atoms with Crippen molar-refractivity contribution < 1.29 is 23.9 Å². The summed E-state index contributed by atoms with van der Waals surface area (Å²) >= 11 is 12.3. The summed E-state index contributed by atoms with van der Waals surface area (Å²) in [6.07, 6.45) is 0. The van der Waals surface area contributed by atoms with Gasteiger partial charge >= 0.3 is 0 Å². The van der Waals surface area contributed by atoms with Gasteiger partial charge in [-0.2, -0.15) is 0 Å². The Labute approximate surface area is 254 Å². The van der Waals surface area contributed by atoms with E-state index >= 15 is 0 Å². The summed E-state index contributed by atoms with van der Waals surface area (Å²) in [5, 5.41) is 3.37. The van der Waals surface area contributed by atoms with E-state index in [2.05, 4.69) is 34.5 Å². The van der Waals surface area contributed by atoms with Gasteiger partial charge in [0, 0.05) is 45.4 Å². The molecule has 11 heteroatoms. The van der Waals surface area contributed by atoms with E-state index in [-0.39, 0.29) is 41.9 Å². The summed E-state index contributed by atoms with van der Waals surface area (Å²) in [5.41, 5.74) is 4.32. The highest BCUT2D eigenvalue weighted by atomic mass is 35.5. The maximum absolute atomic E-state index is 13.5. The second kappa shape index (κ2) is 13.1. The highest BCUT2D eigenvalue weighted by Crippen LogP contribution is 2.39. The molecule has 1 atom stereocenters. The van der Waals surface area contributed by atoms with Crippen LogP contribution in [0.15, 0.2) is 60.7 Å². The van der Waals surface area contributed by atoms with Crippen molar-refractivity contribution in [1.29, 1.82) is 0 Å². The second-order valence-corrected chi connectivity index (χ2v) is 11.1. The van der Waals surface area contributed by atoms with E-state index in [0.717, 1.165) is 35.5 Å². The molecule has 0 bridgehead atoms. The van der Waals surface area contributed by atoms with Gasteiger partial charge in [0.2, 0.25) is 11.8 Å². The predicted octanol–water partition coefficient (Wildman–Crippen LogP) is 4.88. The van der Waals surface area contributed by atoms with Crippen LogP contribution in [0.4, 0.5) is 11.4 Å². The molecule has 1 fully saturated rings. The highest BCUT2D eigenvalue weighted by molar-refractivity contribution is 6.42. The molecule has 3 aromatic rings. The lowest BCUT2D eigenvalue weighted by Gasteiger charge is -2.37. The lowest BCUT2D eigenvalue weighted by molar-refractivity contribution is -0.131. The summed E-state index contributed by atoms with van der Waals surface area (Å²) in [7, 11) is 1.75. The van der Waals surface area contributed by atoms with E-state index in [1.54, 1.807) is 24.1 Å².